The van der Waals surface area contributed by atoms with Gasteiger partial charge in [-0.1, -0.05) is 0 Å². The summed E-state index contributed by atoms with van der Waals surface area (Å²) < 4.78 is 42.7. The smallest absolute Gasteiger partial charge is 0.406 e. The SMILES string of the molecule is Cn1c(=O)c(C(N)=O)c(N2CCC3(CCN(c4ccc(OC(F)(F)F)cc4)C3)CC2)c2nc(C#N)ccc21. The molecule has 2 aliphatic rings. The van der Waals surface area contributed by atoms with Gasteiger partial charge in [-0.25, -0.2) is 4.98 Å². The van der Waals surface area contributed by atoms with E-state index in [-0.39, 0.29) is 22.4 Å². The van der Waals surface area contributed by atoms with Gasteiger partial charge in [0.05, 0.1) is 11.2 Å². The Hall–Kier alpha value is -4.27. The van der Waals surface area contributed by atoms with Crippen LogP contribution in [0.25, 0.3) is 11.0 Å². The molecular formula is C26H25F3N6O3. The number of aromatic nitrogens is 2. The van der Waals surface area contributed by atoms with E-state index in [0.717, 1.165) is 38.0 Å². The van der Waals surface area contributed by atoms with Crippen LogP contribution in [0.4, 0.5) is 24.5 Å². The zero-order chi connectivity index (χ0) is 27.2. The van der Waals surface area contributed by atoms with Gasteiger partial charge in [-0.15, -0.1) is 13.2 Å². The van der Waals surface area contributed by atoms with E-state index >= 15 is 0 Å². The highest BCUT2D eigenvalue weighted by Crippen LogP contribution is 2.44. The quantitative estimate of drug-likeness (QED) is 0.554. The number of nitrogens with zero attached hydrogens (tertiary/aromatic N) is 5. The van der Waals surface area contributed by atoms with E-state index in [1.54, 1.807) is 18.2 Å². The summed E-state index contributed by atoms with van der Waals surface area (Å²) in [6.07, 6.45) is -2.29. The number of anilines is 2. The van der Waals surface area contributed by atoms with Crippen molar-refractivity contribution in [2.75, 3.05) is 36.0 Å². The number of fused-ring (bicyclic) bond motifs is 1. The lowest BCUT2D eigenvalue weighted by molar-refractivity contribution is -0.274. The third-order valence-corrected chi connectivity index (χ3v) is 7.59. The number of hydrogen-bond acceptors (Lipinski definition) is 7. The van der Waals surface area contributed by atoms with Crippen LogP contribution in [-0.2, 0) is 7.05 Å². The van der Waals surface area contributed by atoms with E-state index in [1.807, 2.05) is 11.0 Å². The molecular weight excluding hydrogens is 501 g/mol. The number of carbonyl (C=O) groups excluding carboxylic acids is 1. The number of rotatable bonds is 4. The fraction of sp³-hybridized carbons (Fsp3) is 0.385. The molecule has 9 nitrogen and oxygen atoms in total. The second kappa shape index (κ2) is 9.24. The Bertz CT molecular complexity index is 1500. The molecule has 2 fully saturated rings. The number of aryl methyl sites for hydroxylation is 1. The minimum Gasteiger partial charge on any atom is -0.406 e. The number of pyridine rings is 2. The number of alkyl halides is 3. The third-order valence-electron chi connectivity index (χ3n) is 7.59. The largest absolute Gasteiger partial charge is 0.573 e. The van der Waals surface area contributed by atoms with Gasteiger partial charge in [0.2, 0.25) is 0 Å². The summed E-state index contributed by atoms with van der Waals surface area (Å²) in [5, 5.41) is 9.38. The molecule has 2 aromatic heterocycles. The first-order valence-electron chi connectivity index (χ1n) is 12.1. The van der Waals surface area contributed by atoms with Crippen LogP contribution in [0, 0.1) is 16.7 Å². The van der Waals surface area contributed by atoms with E-state index in [0.29, 0.717) is 29.8 Å². The van der Waals surface area contributed by atoms with Crippen LogP contribution in [0.3, 0.4) is 0 Å². The number of ether oxygens (including phenoxy) is 1. The van der Waals surface area contributed by atoms with Gasteiger partial charge in [0.15, 0.2) is 0 Å². The van der Waals surface area contributed by atoms with Crippen LogP contribution in [0.5, 0.6) is 5.75 Å². The molecule has 0 radical (unpaired) electrons. The Morgan fingerprint density at radius 1 is 1.08 bits per heavy atom. The van der Waals surface area contributed by atoms with Crippen LogP contribution in [0.2, 0.25) is 0 Å². The van der Waals surface area contributed by atoms with Gasteiger partial charge in [-0.05, 0) is 61.1 Å². The van der Waals surface area contributed by atoms with E-state index < -0.39 is 17.8 Å². The monoisotopic (exact) mass is 526 g/mol. The number of carbonyl (C=O) groups is 1. The number of hydrogen-bond donors (Lipinski definition) is 1. The van der Waals surface area contributed by atoms with E-state index in [9.17, 15) is 28.0 Å². The molecule has 0 unspecified atom stereocenters. The maximum absolute atomic E-state index is 13.1. The normalized spacial score (nSPS) is 17.1. The molecule has 38 heavy (non-hydrogen) atoms. The van der Waals surface area contributed by atoms with Crippen LogP contribution >= 0.6 is 0 Å². The molecule has 1 spiro atoms. The fourth-order valence-corrected chi connectivity index (χ4v) is 5.61. The van der Waals surface area contributed by atoms with Crippen molar-refractivity contribution < 1.29 is 22.7 Å². The molecule has 0 aliphatic carbocycles. The number of halogens is 3. The molecule has 1 amide bonds. The van der Waals surface area contributed by atoms with Gasteiger partial charge in [-0.3, -0.25) is 9.59 Å². The second-order valence-electron chi connectivity index (χ2n) is 9.83. The molecule has 0 saturated carbocycles. The predicted octanol–water partition coefficient (Wildman–Crippen LogP) is 3.30. The summed E-state index contributed by atoms with van der Waals surface area (Å²) in [4.78, 5) is 34.0. The van der Waals surface area contributed by atoms with Crippen molar-refractivity contribution >= 4 is 28.3 Å². The van der Waals surface area contributed by atoms with Gasteiger partial charge in [0.25, 0.3) is 11.5 Å². The third kappa shape index (κ3) is 4.60. The summed E-state index contributed by atoms with van der Waals surface area (Å²) in [7, 11) is 1.54. The van der Waals surface area contributed by atoms with Gasteiger partial charge >= 0.3 is 6.36 Å². The first-order valence-corrected chi connectivity index (χ1v) is 12.1. The van der Waals surface area contributed by atoms with E-state index in [1.165, 1.54) is 29.8 Å². The lowest BCUT2D eigenvalue weighted by Gasteiger charge is -2.41. The van der Waals surface area contributed by atoms with Crippen LogP contribution in [0.1, 0.15) is 35.3 Å². The first kappa shape index (κ1) is 25.4. The van der Waals surface area contributed by atoms with Gasteiger partial charge in [-0.2, -0.15) is 5.26 Å². The molecule has 3 aromatic rings. The number of amides is 1. The van der Waals surface area contributed by atoms with Crippen molar-refractivity contribution in [1.29, 1.82) is 5.26 Å². The highest BCUT2D eigenvalue weighted by molar-refractivity contribution is 6.05. The van der Waals surface area contributed by atoms with Crippen LogP contribution in [0.15, 0.2) is 41.2 Å². The lowest BCUT2D eigenvalue weighted by atomic mass is 9.77. The van der Waals surface area contributed by atoms with Crippen LogP contribution in [-0.4, -0.2) is 48.0 Å². The summed E-state index contributed by atoms with van der Waals surface area (Å²) in [6.45, 7) is 2.59. The molecule has 0 bridgehead atoms. The minimum absolute atomic E-state index is 0.0225. The van der Waals surface area contributed by atoms with E-state index in [4.69, 9.17) is 5.73 Å². The maximum atomic E-state index is 13.1. The predicted molar refractivity (Wildman–Crippen MR) is 134 cm³/mol. The first-order chi connectivity index (χ1) is 18.0. The second-order valence-corrected chi connectivity index (χ2v) is 9.83. The topological polar surface area (TPSA) is 117 Å². The molecule has 5 rings (SSSR count). The zero-order valence-electron chi connectivity index (χ0n) is 20.6. The summed E-state index contributed by atoms with van der Waals surface area (Å²) in [6, 6.07) is 11.0. The van der Waals surface area contributed by atoms with Crippen molar-refractivity contribution in [2.24, 2.45) is 18.2 Å². The Labute approximate surface area is 215 Å². The van der Waals surface area contributed by atoms with Crippen molar-refractivity contribution in [2.45, 2.75) is 25.6 Å². The molecule has 0 atom stereocenters. The summed E-state index contributed by atoms with van der Waals surface area (Å²) in [5.41, 5.74) is 7.18. The fourth-order valence-electron chi connectivity index (χ4n) is 5.61. The van der Waals surface area contributed by atoms with Gasteiger partial charge in [0.1, 0.15) is 28.6 Å². The van der Waals surface area contributed by atoms with Crippen molar-refractivity contribution in [3.05, 3.63) is 58.0 Å². The number of primary amides is 1. The van der Waals surface area contributed by atoms with Crippen molar-refractivity contribution in [1.82, 2.24) is 9.55 Å². The highest BCUT2D eigenvalue weighted by atomic mass is 19.4. The van der Waals surface area contributed by atoms with Crippen molar-refractivity contribution in [3.63, 3.8) is 0 Å². The van der Waals surface area contributed by atoms with Gasteiger partial charge < -0.3 is 24.8 Å². The Balaban J connectivity index is 1.38. The number of nitriles is 1. The molecule has 198 valence electrons. The van der Waals surface area contributed by atoms with Crippen LogP contribution < -0.4 is 25.8 Å². The number of piperidine rings is 1. The minimum atomic E-state index is -4.73. The summed E-state index contributed by atoms with van der Waals surface area (Å²) >= 11 is 0. The molecule has 2 saturated heterocycles. The standard InChI is InChI=1S/C26H25F3N6O3/c1-33-19-7-2-16(14-30)32-21(19)22(20(23(31)36)24(33)37)34-11-8-25(9-12-34)10-13-35(15-25)17-3-5-18(6-4-17)38-26(27,28)29/h2-7H,8-13,15H2,1H3,(H2,31,36). The summed E-state index contributed by atoms with van der Waals surface area (Å²) in [5.74, 6) is -1.11. The molecule has 2 aliphatic heterocycles. The zero-order valence-corrected chi connectivity index (χ0v) is 20.6. The Kier molecular flexibility index (Phi) is 6.17. The van der Waals surface area contributed by atoms with Gasteiger partial charge in [0, 0.05) is 38.9 Å². The average molecular weight is 527 g/mol. The number of benzene rings is 1. The lowest BCUT2D eigenvalue weighted by Crippen LogP contribution is -2.44. The Morgan fingerprint density at radius 2 is 1.71 bits per heavy atom. The molecule has 4 heterocycles. The maximum Gasteiger partial charge on any atom is 0.573 e. The Morgan fingerprint density at radius 3 is 2.29 bits per heavy atom. The molecule has 1 aromatic carbocycles. The number of nitrogens with two attached hydrogens (primary N) is 1. The van der Waals surface area contributed by atoms with E-state index in [2.05, 4.69) is 14.6 Å². The average Bonchev–Trinajstić information content (AvgIpc) is 3.29. The van der Waals surface area contributed by atoms with Crippen molar-refractivity contribution in [3.8, 4) is 11.8 Å². The molecule has 2 N–H and O–H groups in total. The highest BCUT2D eigenvalue weighted by Gasteiger charge is 2.42. The molecule has 12 heteroatoms.